The van der Waals surface area contributed by atoms with E-state index in [1.165, 1.54) is 116 Å². The van der Waals surface area contributed by atoms with Gasteiger partial charge in [0.1, 0.15) is 6.54 Å². The molecule has 0 radical (unpaired) electrons. The van der Waals surface area contributed by atoms with Crippen LogP contribution in [0.1, 0.15) is 116 Å². The highest BCUT2D eigenvalue weighted by Gasteiger charge is 2.18. The minimum absolute atomic E-state index is 0.281. The van der Waals surface area contributed by atoms with Crippen molar-refractivity contribution in [2.75, 3.05) is 33.3 Å². The molecule has 2 heteroatoms. The summed E-state index contributed by atoms with van der Waals surface area (Å²) in [6.45, 7) is 9.43. The van der Waals surface area contributed by atoms with Gasteiger partial charge >= 0.3 is 0 Å². The molecule has 0 saturated heterocycles. The van der Waals surface area contributed by atoms with Gasteiger partial charge in [-0.2, -0.15) is 0 Å². The second-order valence-corrected chi connectivity index (χ2v) is 8.92. The lowest BCUT2D eigenvalue weighted by atomic mass is 10.0. The summed E-state index contributed by atoms with van der Waals surface area (Å²) < 4.78 is 0.943. The van der Waals surface area contributed by atoms with Gasteiger partial charge in [-0.05, 0) is 18.9 Å². The summed E-state index contributed by atoms with van der Waals surface area (Å²) in [5.41, 5.74) is 0. The van der Waals surface area contributed by atoms with Crippen LogP contribution in [0, 0.1) is 0 Å². The normalized spacial score (nSPS) is 13.6. The molecule has 2 nitrogen and oxygen atoms in total. The second-order valence-electron chi connectivity index (χ2n) is 8.92. The van der Waals surface area contributed by atoms with Gasteiger partial charge in [0.05, 0.1) is 26.7 Å². The molecule has 162 valence electrons. The van der Waals surface area contributed by atoms with E-state index < -0.39 is 0 Å². The lowest BCUT2D eigenvalue weighted by molar-refractivity contribution is -0.904. The molecule has 0 spiro atoms. The summed E-state index contributed by atoms with van der Waals surface area (Å²) in [6, 6.07) is 0. The molecule has 1 unspecified atom stereocenters. The van der Waals surface area contributed by atoms with Crippen LogP contribution in [0.25, 0.3) is 0 Å². The Morgan fingerprint density at radius 1 is 0.630 bits per heavy atom. The van der Waals surface area contributed by atoms with E-state index in [-0.39, 0.29) is 6.61 Å². The number of likely N-dealkylation sites (N-methyl/N-ethyl adjacent to an activating group) is 1. The van der Waals surface area contributed by atoms with Crippen LogP contribution < -0.4 is 0 Å². The van der Waals surface area contributed by atoms with E-state index in [4.69, 9.17) is 0 Å². The molecule has 1 N–H and O–H groups in total. The van der Waals surface area contributed by atoms with Crippen LogP contribution in [0.15, 0.2) is 12.7 Å². The smallest absolute Gasteiger partial charge is 0.102 e. The lowest BCUT2D eigenvalue weighted by Crippen LogP contribution is -2.46. The zero-order valence-corrected chi connectivity index (χ0v) is 19.0. The quantitative estimate of drug-likeness (QED) is 0.119. The molecule has 0 aliphatic heterocycles. The molecular formula is C25H52NO+. The van der Waals surface area contributed by atoms with Crippen molar-refractivity contribution < 1.29 is 9.59 Å². The molecule has 27 heavy (non-hydrogen) atoms. The fourth-order valence-electron chi connectivity index (χ4n) is 4.07. The first-order valence-electron chi connectivity index (χ1n) is 12.2. The number of rotatable bonds is 22. The Balaban J connectivity index is 3.26. The summed E-state index contributed by atoms with van der Waals surface area (Å²) in [4.78, 5) is 0. The van der Waals surface area contributed by atoms with Crippen molar-refractivity contribution in [2.24, 2.45) is 0 Å². The molecule has 0 aromatic heterocycles. The van der Waals surface area contributed by atoms with E-state index in [1.807, 2.05) is 6.08 Å². The summed E-state index contributed by atoms with van der Waals surface area (Å²) in [6.07, 6.45) is 26.2. The first kappa shape index (κ1) is 26.7. The lowest BCUT2D eigenvalue weighted by Gasteiger charge is -2.33. The van der Waals surface area contributed by atoms with Crippen molar-refractivity contribution in [1.29, 1.82) is 0 Å². The van der Waals surface area contributed by atoms with E-state index in [9.17, 15) is 5.11 Å². The van der Waals surface area contributed by atoms with Gasteiger partial charge in [0.15, 0.2) is 0 Å². The SMILES string of the molecule is C=CC[N+](C)(CCO)CCCCCCCCCCCCCCCCCCC. The Kier molecular flexibility index (Phi) is 20.1. The monoisotopic (exact) mass is 382 g/mol. The molecule has 0 bridgehead atoms. The van der Waals surface area contributed by atoms with E-state index in [0.717, 1.165) is 17.6 Å². The number of hydrogen-bond donors (Lipinski definition) is 1. The molecule has 0 aromatic rings. The zero-order valence-electron chi connectivity index (χ0n) is 19.0. The maximum Gasteiger partial charge on any atom is 0.102 e. The van der Waals surface area contributed by atoms with Gasteiger partial charge < -0.3 is 9.59 Å². The molecule has 0 rings (SSSR count). The van der Waals surface area contributed by atoms with Gasteiger partial charge in [0.25, 0.3) is 0 Å². The van der Waals surface area contributed by atoms with Crippen LogP contribution in [-0.4, -0.2) is 42.9 Å². The number of aliphatic hydroxyl groups is 1. The third-order valence-electron chi connectivity index (χ3n) is 6.01. The third kappa shape index (κ3) is 18.8. The van der Waals surface area contributed by atoms with Crippen LogP contribution in [0.4, 0.5) is 0 Å². The largest absolute Gasteiger partial charge is 0.391 e. The number of aliphatic hydroxyl groups excluding tert-OH is 1. The molecule has 0 heterocycles. The number of unbranched alkanes of at least 4 members (excludes halogenated alkanes) is 16. The zero-order chi connectivity index (χ0) is 20.1. The molecular weight excluding hydrogens is 330 g/mol. The Morgan fingerprint density at radius 3 is 1.33 bits per heavy atom. The standard InChI is InChI=1S/C25H52NO/c1-4-6-7-8-9-10-11-12-13-14-15-16-17-18-19-20-21-23-26(3,22-5-2)24-25-27/h5,27H,2,4,6-25H2,1,3H3/q+1. The van der Waals surface area contributed by atoms with Gasteiger partial charge in [-0.3, -0.25) is 0 Å². The average molecular weight is 383 g/mol. The average Bonchev–Trinajstić information content (AvgIpc) is 2.64. The topological polar surface area (TPSA) is 20.2 Å². The first-order chi connectivity index (χ1) is 13.2. The Labute approximate surface area is 172 Å². The van der Waals surface area contributed by atoms with E-state index in [0.29, 0.717) is 0 Å². The summed E-state index contributed by atoms with van der Waals surface area (Å²) in [7, 11) is 2.24. The van der Waals surface area contributed by atoms with E-state index in [2.05, 4.69) is 20.6 Å². The van der Waals surface area contributed by atoms with Crippen LogP contribution in [0.2, 0.25) is 0 Å². The van der Waals surface area contributed by atoms with Crippen molar-refractivity contribution in [1.82, 2.24) is 0 Å². The van der Waals surface area contributed by atoms with Crippen molar-refractivity contribution >= 4 is 0 Å². The van der Waals surface area contributed by atoms with Gasteiger partial charge in [0.2, 0.25) is 0 Å². The van der Waals surface area contributed by atoms with E-state index >= 15 is 0 Å². The predicted molar refractivity (Wildman–Crippen MR) is 122 cm³/mol. The van der Waals surface area contributed by atoms with Gasteiger partial charge in [-0.25, -0.2) is 0 Å². The second kappa shape index (κ2) is 20.4. The number of quaternary nitrogens is 1. The van der Waals surface area contributed by atoms with Gasteiger partial charge in [-0.1, -0.05) is 110 Å². The van der Waals surface area contributed by atoms with Crippen molar-refractivity contribution in [2.45, 2.75) is 116 Å². The predicted octanol–water partition coefficient (Wildman–Crippen LogP) is 7.26. The highest BCUT2D eigenvalue weighted by molar-refractivity contribution is 4.65. The van der Waals surface area contributed by atoms with Crippen LogP contribution in [-0.2, 0) is 0 Å². The fourth-order valence-corrected chi connectivity index (χ4v) is 4.07. The van der Waals surface area contributed by atoms with E-state index in [1.54, 1.807) is 0 Å². The Hall–Kier alpha value is -0.340. The van der Waals surface area contributed by atoms with Crippen LogP contribution in [0.3, 0.4) is 0 Å². The first-order valence-corrected chi connectivity index (χ1v) is 12.2. The maximum absolute atomic E-state index is 9.22. The highest BCUT2D eigenvalue weighted by atomic mass is 16.3. The summed E-state index contributed by atoms with van der Waals surface area (Å²) in [5.74, 6) is 0. The van der Waals surface area contributed by atoms with Gasteiger partial charge in [0, 0.05) is 0 Å². The minimum atomic E-state index is 0.281. The van der Waals surface area contributed by atoms with Crippen molar-refractivity contribution in [3.8, 4) is 0 Å². The molecule has 1 atom stereocenters. The molecule has 0 fully saturated rings. The van der Waals surface area contributed by atoms with Crippen molar-refractivity contribution in [3.05, 3.63) is 12.7 Å². The van der Waals surface area contributed by atoms with Gasteiger partial charge in [-0.15, -0.1) is 0 Å². The molecule has 0 aliphatic carbocycles. The minimum Gasteiger partial charge on any atom is -0.391 e. The van der Waals surface area contributed by atoms with Crippen LogP contribution >= 0.6 is 0 Å². The molecule has 0 saturated carbocycles. The maximum atomic E-state index is 9.22. The molecule has 0 amide bonds. The summed E-state index contributed by atoms with van der Waals surface area (Å²) in [5, 5.41) is 9.22. The third-order valence-corrected chi connectivity index (χ3v) is 6.01. The number of hydrogen-bond acceptors (Lipinski definition) is 1. The molecule has 0 aromatic carbocycles. The number of nitrogens with zero attached hydrogens (tertiary/aromatic N) is 1. The highest BCUT2D eigenvalue weighted by Crippen LogP contribution is 2.14. The van der Waals surface area contributed by atoms with Crippen LogP contribution in [0.5, 0.6) is 0 Å². The Bertz CT molecular complexity index is 305. The van der Waals surface area contributed by atoms with Crippen molar-refractivity contribution in [3.63, 3.8) is 0 Å². The Morgan fingerprint density at radius 2 is 1.00 bits per heavy atom. The molecule has 0 aliphatic rings. The fraction of sp³-hybridized carbons (Fsp3) is 0.920. The summed E-state index contributed by atoms with van der Waals surface area (Å²) >= 11 is 0.